The topological polar surface area (TPSA) is 38.9 Å². The van der Waals surface area contributed by atoms with Crippen molar-refractivity contribution >= 4 is 11.3 Å². The van der Waals surface area contributed by atoms with Crippen LogP contribution in [0.5, 0.6) is 0 Å². The number of hydrogen-bond donors (Lipinski definition) is 1. The van der Waals surface area contributed by atoms with E-state index in [0.717, 1.165) is 5.69 Å². The second-order valence-electron chi connectivity index (χ2n) is 5.84. The van der Waals surface area contributed by atoms with Gasteiger partial charge in [-0.15, -0.1) is 11.3 Å². The smallest absolute Gasteiger partial charge is 0.0959 e. The molecular weight excluding hydrogens is 216 g/mol. The first kappa shape index (κ1) is 12.1. The van der Waals surface area contributed by atoms with Gasteiger partial charge in [-0.25, -0.2) is 4.98 Å². The Kier molecular flexibility index (Phi) is 3.36. The minimum Gasteiger partial charge on any atom is -0.323 e. The van der Waals surface area contributed by atoms with Crippen LogP contribution in [-0.2, 0) is 0 Å². The van der Waals surface area contributed by atoms with Gasteiger partial charge in [0.05, 0.1) is 10.7 Å². The second kappa shape index (κ2) is 4.46. The molecular formula is C13H22N2S. The summed E-state index contributed by atoms with van der Waals surface area (Å²) in [6.07, 6.45) is 5.23. The Bertz CT molecular complexity index is 345. The molecule has 0 aromatic carbocycles. The second-order valence-corrected chi connectivity index (χ2v) is 6.73. The van der Waals surface area contributed by atoms with E-state index in [1.54, 1.807) is 11.3 Å². The largest absolute Gasteiger partial charge is 0.323 e. The van der Waals surface area contributed by atoms with E-state index in [-0.39, 0.29) is 6.04 Å². The molecule has 1 aromatic rings. The Morgan fingerprint density at radius 1 is 1.44 bits per heavy atom. The third-order valence-electron chi connectivity index (χ3n) is 3.69. The number of rotatable bonds is 2. The Morgan fingerprint density at radius 2 is 2.06 bits per heavy atom. The Labute approximate surface area is 102 Å². The molecule has 1 fully saturated rings. The average Bonchev–Trinajstić information content (AvgIpc) is 2.66. The minimum absolute atomic E-state index is 0.0741. The summed E-state index contributed by atoms with van der Waals surface area (Å²) in [7, 11) is 0. The van der Waals surface area contributed by atoms with Gasteiger partial charge in [0.1, 0.15) is 0 Å². The Morgan fingerprint density at radius 3 is 2.56 bits per heavy atom. The van der Waals surface area contributed by atoms with Gasteiger partial charge in [-0.2, -0.15) is 0 Å². The van der Waals surface area contributed by atoms with Gasteiger partial charge in [-0.3, -0.25) is 0 Å². The standard InChI is InChI=1S/C13H22N2S/c1-9(14)11-8-16-12(15-11)10-4-6-13(2,3)7-5-10/h8-10H,4-7,14H2,1-3H3. The van der Waals surface area contributed by atoms with Crippen molar-refractivity contribution in [3.05, 3.63) is 16.1 Å². The van der Waals surface area contributed by atoms with Crippen molar-refractivity contribution in [1.82, 2.24) is 4.98 Å². The lowest BCUT2D eigenvalue weighted by molar-refractivity contribution is 0.224. The predicted octanol–water partition coefficient (Wildman–Crippen LogP) is 3.85. The van der Waals surface area contributed by atoms with E-state index in [4.69, 9.17) is 5.73 Å². The van der Waals surface area contributed by atoms with E-state index in [2.05, 4.69) is 24.2 Å². The fourth-order valence-electron chi connectivity index (χ4n) is 2.34. The van der Waals surface area contributed by atoms with Crippen LogP contribution in [0.3, 0.4) is 0 Å². The predicted molar refractivity (Wildman–Crippen MR) is 69.7 cm³/mol. The number of nitrogens with two attached hydrogens (primary N) is 1. The summed E-state index contributed by atoms with van der Waals surface area (Å²) in [5.41, 5.74) is 7.44. The molecule has 2 N–H and O–H groups in total. The van der Waals surface area contributed by atoms with Crippen molar-refractivity contribution in [1.29, 1.82) is 0 Å². The molecule has 1 aliphatic rings. The van der Waals surface area contributed by atoms with Crippen LogP contribution in [0.4, 0.5) is 0 Å². The van der Waals surface area contributed by atoms with Crippen LogP contribution in [0.1, 0.15) is 69.1 Å². The summed E-state index contributed by atoms with van der Waals surface area (Å²) in [5.74, 6) is 0.686. The third-order valence-corrected chi connectivity index (χ3v) is 4.72. The maximum atomic E-state index is 5.84. The molecule has 0 amide bonds. The molecule has 1 saturated carbocycles. The summed E-state index contributed by atoms with van der Waals surface area (Å²) in [6, 6.07) is 0.0741. The zero-order chi connectivity index (χ0) is 11.8. The highest BCUT2D eigenvalue weighted by Crippen LogP contribution is 2.43. The first-order valence-corrected chi connectivity index (χ1v) is 7.07. The zero-order valence-electron chi connectivity index (χ0n) is 10.5. The fraction of sp³-hybridized carbons (Fsp3) is 0.769. The molecule has 1 atom stereocenters. The number of thiazole rings is 1. The van der Waals surface area contributed by atoms with Crippen molar-refractivity contribution in [2.75, 3.05) is 0 Å². The Balaban J connectivity index is 2.03. The van der Waals surface area contributed by atoms with E-state index in [0.29, 0.717) is 11.3 Å². The molecule has 2 rings (SSSR count). The van der Waals surface area contributed by atoms with Crippen molar-refractivity contribution in [2.45, 2.75) is 58.4 Å². The lowest BCUT2D eigenvalue weighted by Crippen LogP contribution is -2.20. The normalized spacial score (nSPS) is 23.2. The van der Waals surface area contributed by atoms with Gasteiger partial charge < -0.3 is 5.73 Å². The molecule has 0 saturated heterocycles. The average molecular weight is 238 g/mol. The third kappa shape index (κ3) is 2.64. The van der Waals surface area contributed by atoms with Gasteiger partial charge in [-0.1, -0.05) is 13.8 Å². The van der Waals surface area contributed by atoms with Crippen LogP contribution in [0.15, 0.2) is 5.38 Å². The lowest BCUT2D eigenvalue weighted by Gasteiger charge is -2.33. The van der Waals surface area contributed by atoms with E-state index in [9.17, 15) is 0 Å². The van der Waals surface area contributed by atoms with Gasteiger partial charge in [-0.05, 0) is 38.0 Å². The molecule has 0 bridgehead atoms. The number of hydrogen-bond acceptors (Lipinski definition) is 3. The van der Waals surface area contributed by atoms with Gasteiger partial charge in [0.15, 0.2) is 0 Å². The van der Waals surface area contributed by atoms with Crippen LogP contribution >= 0.6 is 11.3 Å². The summed E-state index contributed by atoms with van der Waals surface area (Å²) >= 11 is 1.79. The zero-order valence-corrected chi connectivity index (χ0v) is 11.3. The van der Waals surface area contributed by atoms with Crippen molar-refractivity contribution in [3.63, 3.8) is 0 Å². The first-order valence-electron chi connectivity index (χ1n) is 6.19. The van der Waals surface area contributed by atoms with Crippen molar-refractivity contribution < 1.29 is 0 Å². The van der Waals surface area contributed by atoms with Crippen molar-refractivity contribution in [3.8, 4) is 0 Å². The van der Waals surface area contributed by atoms with Crippen LogP contribution in [0, 0.1) is 5.41 Å². The first-order chi connectivity index (χ1) is 7.48. The maximum absolute atomic E-state index is 5.84. The quantitative estimate of drug-likeness (QED) is 0.850. The molecule has 3 heteroatoms. The highest BCUT2D eigenvalue weighted by molar-refractivity contribution is 7.09. The van der Waals surface area contributed by atoms with Crippen LogP contribution < -0.4 is 5.73 Å². The number of aromatic nitrogens is 1. The SMILES string of the molecule is CC(N)c1csc(C2CCC(C)(C)CC2)n1. The minimum atomic E-state index is 0.0741. The molecule has 0 radical (unpaired) electrons. The van der Waals surface area contributed by atoms with Crippen molar-refractivity contribution in [2.24, 2.45) is 11.1 Å². The monoisotopic (exact) mass is 238 g/mol. The highest BCUT2D eigenvalue weighted by atomic mass is 32.1. The number of nitrogens with zero attached hydrogens (tertiary/aromatic N) is 1. The van der Waals surface area contributed by atoms with Gasteiger partial charge in [0.2, 0.25) is 0 Å². The van der Waals surface area contributed by atoms with Gasteiger partial charge in [0, 0.05) is 17.3 Å². The molecule has 0 spiro atoms. The molecule has 1 aromatic heterocycles. The highest BCUT2D eigenvalue weighted by Gasteiger charge is 2.29. The summed E-state index contributed by atoms with van der Waals surface area (Å²) in [4.78, 5) is 4.67. The molecule has 1 unspecified atom stereocenters. The van der Waals surface area contributed by atoms with Gasteiger partial charge in [0.25, 0.3) is 0 Å². The molecule has 16 heavy (non-hydrogen) atoms. The molecule has 90 valence electrons. The van der Waals surface area contributed by atoms with Crippen LogP contribution in [-0.4, -0.2) is 4.98 Å². The van der Waals surface area contributed by atoms with E-state index in [1.807, 2.05) is 6.92 Å². The summed E-state index contributed by atoms with van der Waals surface area (Å²) < 4.78 is 0. The summed E-state index contributed by atoms with van der Waals surface area (Å²) in [6.45, 7) is 6.75. The van der Waals surface area contributed by atoms with Crippen LogP contribution in [0.2, 0.25) is 0 Å². The lowest BCUT2D eigenvalue weighted by atomic mass is 9.73. The van der Waals surface area contributed by atoms with Gasteiger partial charge >= 0.3 is 0 Å². The van der Waals surface area contributed by atoms with E-state index in [1.165, 1.54) is 30.7 Å². The molecule has 0 aliphatic heterocycles. The summed E-state index contributed by atoms with van der Waals surface area (Å²) in [5, 5.41) is 3.43. The van der Waals surface area contributed by atoms with Crippen LogP contribution in [0.25, 0.3) is 0 Å². The maximum Gasteiger partial charge on any atom is 0.0959 e. The van der Waals surface area contributed by atoms with E-state index < -0.39 is 0 Å². The Hall–Kier alpha value is -0.410. The molecule has 1 aliphatic carbocycles. The molecule has 1 heterocycles. The molecule has 2 nitrogen and oxygen atoms in total. The fourth-order valence-corrected chi connectivity index (χ4v) is 3.44. The van der Waals surface area contributed by atoms with E-state index >= 15 is 0 Å².